The van der Waals surface area contributed by atoms with Gasteiger partial charge in [0, 0.05) is 19.3 Å². The van der Waals surface area contributed by atoms with Gasteiger partial charge in [-0.2, -0.15) is 0 Å². The lowest BCUT2D eigenvalue weighted by Gasteiger charge is -2.09. The van der Waals surface area contributed by atoms with Gasteiger partial charge in [0.1, 0.15) is 0 Å². The second-order valence-electron chi connectivity index (χ2n) is 6.92. The summed E-state index contributed by atoms with van der Waals surface area (Å²) in [6.07, 6.45) is 3.17. The summed E-state index contributed by atoms with van der Waals surface area (Å²) in [6.45, 7) is 2.35. The molecule has 176 valence electrons. The van der Waals surface area contributed by atoms with Gasteiger partial charge in [-0.05, 0) is 42.8 Å². The van der Waals surface area contributed by atoms with Crippen LogP contribution < -0.4 is 15.4 Å². The Morgan fingerprint density at radius 2 is 1.91 bits per heavy atom. The maximum atomic E-state index is 12.3. The van der Waals surface area contributed by atoms with E-state index in [0.717, 1.165) is 12.8 Å². The number of sulfonamides is 1. The first-order chi connectivity index (χ1) is 15.8. The van der Waals surface area contributed by atoms with Crippen molar-refractivity contribution in [3.8, 4) is 11.6 Å². The van der Waals surface area contributed by atoms with Crippen molar-refractivity contribution in [1.82, 2.24) is 24.8 Å². The van der Waals surface area contributed by atoms with Crippen molar-refractivity contribution in [3.05, 3.63) is 42.7 Å². The van der Waals surface area contributed by atoms with E-state index in [2.05, 4.69) is 20.8 Å². The van der Waals surface area contributed by atoms with E-state index >= 15 is 0 Å². The molecule has 0 aliphatic heterocycles. The molecule has 13 heteroatoms. The molecule has 2 aromatic heterocycles. The summed E-state index contributed by atoms with van der Waals surface area (Å²) in [6, 6.07) is 8.25. The number of carbonyl (C=O) groups excluding carboxylic acids is 2. The van der Waals surface area contributed by atoms with Crippen molar-refractivity contribution in [2.45, 2.75) is 29.8 Å². The molecule has 0 bridgehead atoms. The van der Waals surface area contributed by atoms with E-state index in [9.17, 15) is 18.0 Å². The maximum Gasteiger partial charge on any atom is 0.328 e. The molecule has 0 radical (unpaired) electrons. The Morgan fingerprint density at radius 1 is 1.15 bits per heavy atom. The van der Waals surface area contributed by atoms with Crippen LogP contribution in [0.4, 0.5) is 10.5 Å². The third-order valence-electron chi connectivity index (χ3n) is 4.40. The van der Waals surface area contributed by atoms with Crippen LogP contribution in [0.15, 0.2) is 57.1 Å². The highest BCUT2D eigenvalue weighted by molar-refractivity contribution is 7.99. The molecule has 0 fully saturated rings. The summed E-state index contributed by atoms with van der Waals surface area (Å²) >= 11 is 1.20. The topological polar surface area (TPSA) is 148 Å². The number of benzene rings is 1. The number of anilines is 1. The van der Waals surface area contributed by atoms with Crippen LogP contribution in [0.5, 0.6) is 0 Å². The molecule has 3 amide bonds. The lowest BCUT2D eigenvalue weighted by atomic mass is 10.3. The van der Waals surface area contributed by atoms with Gasteiger partial charge in [-0.15, -0.1) is 10.2 Å². The molecule has 2 heterocycles. The standard InChI is InChI=1S/C20H24N6O5S2/c1-3-4-11-21-19(28)25-33(29,30)15-9-7-14(8-10-15)22-17(27)13-32-20-24-23-18(26(20)2)16-6-5-12-31-16/h5-10,12H,3-4,11,13H2,1-2H3,(H,22,27)(H2,21,25,28). The smallest absolute Gasteiger partial charge is 0.328 e. The van der Waals surface area contributed by atoms with Gasteiger partial charge >= 0.3 is 6.03 Å². The molecule has 0 saturated heterocycles. The van der Waals surface area contributed by atoms with Crippen molar-refractivity contribution in [1.29, 1.82) is 0 Å². The number of hydrogen-bond acceptors (Lipinski definition) is 8. The van der Waals surface area contributed by atoms with Crippen LogP contribution in [-0.4, -0.2) is 47.4 Å². The van der Waals surface area contributed by atoms with Gasteiger partial charge in [0.25, 0.3) is 10.0 Å². The largest absolute Gasteiger partial charge is 0.461 e. The number of amides is 3. The first-order valence-electron chi connectivity index (χ1n) is 10.1. The van der Waals surface area contributed by atoms with Gasteiger partial charge in [0.2, 0.25) is 5.91 Å². The maximum absolute atomic E-state index is 12.3. The SMILES string of the molecule is CCCCNC(=O)NS(=O)(=O)c1ccc(NC(=O)CSc2nnc(-c3ccco3)n2C)cc1. The second kappa shape index (κ2) is 11.0. The highest BCUT2D eigenvalue weighted by Crippen LogP contribution is 2.23. The number of nitrogens with one attached hydrogen (secondary N) is 3. The van der Waals surface area contributed by atoms with Crippen molar-refractivity contribution in [2.75, 3.05) is 17.6 Å². The van der Waals surface area contributed by atoms with Crippen molar-refractivity contribution in [2.24, 2.45) is 7.05 Å². The molecular formula is C20H24N6O5S2. The second-order valence-corrected chi connectivity index (χ2v) is 9.54. The van der Waals surface area contributed by atoms with E-state index in [1.54, 1.807) is 30.0 Å². The number of unbranched alkanes of at least 4 members (excludes halogenated alkanes) is 1. The van der Waals surface area contributed by atoms with E-state index in [1.807, 2.05) is 11.6 Å². The van der Waals surface area contributed by atoms with Crippen LogP contribution in [0.25, 0.3) is 11.6 Å². The summed E-state index contributed by atoms with van der Waals surface area (Å²) in [7, 11) is -2.24. The van der Waals surface area contributed by atoms with Gasteiger partial charge in [-0.1, -0.05) is 25.1 Å². The molecule has 0 saturated carbocycles. The Bertz CT molecular complexity index is 1190. The van der Waals surface area contributed by atoms with Crippen LogP contribution in [0.2, 0.25) is 0 Å². The zero-order valence-corrected chi connectivity index (χ0v) is 19.7. The van der Waals surface area contributed by atoms with E-state index < -0.39 is 16.1 Å². The van der Waals surface area contributed by atoms with Gasteiger partial charge in [0.05, 0.1) is 16.9 Å². The monoisotopic (exact) mass is 492 g/mol. The summed E-state index contributed by atoms with van der Waals surface area (Å²) in [5.41, 5.74) is 0.418. The van der Waals surface area contributed by atoms with Gasteiger partial charge in [-0.25, -0.2) is 17.9 Å². The number of aromatic nitrogens is 3. The number of nitrogens with zero attached hydrogens (tertiary/aromatic N) is 3. The Balaban J connectivity index is 1.52. The molecule has 3 aromatic rings. The number of rotatable bonds is 10. The average Bonchev–Trinajstić information content (AvgIpc) is 3.42. The minimum absolute atomic E-state index is 0.0731. The third kappa shape index (κ3) is 6.58. The molecule has 33 heavy (non-hydrogen) atoms. The third-order valence-corrected chi connectivity index (χ3v) is 6.77. The van der Waals surface area contributed by atoms with Crippen LogP contribution >= 0.6 is 11.8 Å². The highest BCUT2D eigenvalue weighted by atomic mass is 32.2. The Hall–Kier alpha value is -3.32. The quantitative estimate of drug-likeness (QED) is 0.289. The number of hydrogen-bond donors (Lipinski definition) is 3. The van der Waals surface area contributed by atoms with Crippen molar-refractivity contribution < 1.29 is 22.4 Å². The van der Waals surface area contributed by atoms with Crippen LogP contribution in [0, 0.1) is 0 Å². The zero-order chi connectivity index (χ0) is 23.8. The number of carbonyl (C=O) groups is 2. The van der Waals surface area contributed by atoms with Gasteiger partial charge < -0.3 is 19.6 Å². The minimum atomic E-state index is -4.01. The fraction of sp³-hybridized carbons (Fsp3) is 0.300. The van der Waals surface area contributed by atoms with Crippen molar-refractivity contribution >= 4 is 39.4 Å². The molecule has 0 spiro atoms. The van der Waals surface area contributed by atoms with Crippen LogP contribution in [-0.2, 0) is 21.9 Å². The van der Waals surface area contributed by atoms with Crippen LogP contribution in [0.3, 0.4) is 0 Å². The first kappa shape index (κ1) is 24.3. The Kier molecular flexibility index (Phi) is 8.11. The Labute approximate surface area is 195 Å². The molecule has 0 aliphatic carbocycles. The lowest BCUT2D eigenvalue weighted by molar-refractivity contribution is -0.113. The minimum Gasteiger partial charge on any atom is -0.461 e. The normalized spacial score (nSPS) is 11.2. The molecule has 0 aliphatic rings. The number of thioether (sulfide) groups is 1. The predicted molar refractivity (Wildman–Crippen MR) is 123 cm³/mol. The molecule has 3 rings (SSSR count). The van der Waals surface area contributed by atoms with E-state index in [-0.39, 0.29) is 16.6 Å². The fourth-order valence-corrected chi connectivity index (χ4v) is 4.34. The predicted octanol–water partition coefficient (Wildman–Crippen LogP) is 2.59. The highest BCUT2D eigenvalue weighted by Gasteiger charge is 2.18. The van der Waals surface area contributed by atoms with E-state index in [0.29, 0.717) is 29.0 Å². The molecule has 0 unspecified atom stereocenters. The fourth-order valence-electron chi connectivity index (χ4n) is 2.70. The van der Waals surface area contributed by atoms with Crippen molar-refractivity contribution in [3.63, 3.8) is 0 Å². The summed E-state index contributed by atoms with van der Waals surface area (Å²) in [4.78, 5) is 23.9. The molecule has 11 nitrogen and oxygen atoms in total. The summed E-state index contributed by atoms with van der Waals surface area (Å²) in [5.74, 6) is 0.896. The average molecular weight is 493 g/mol. The van der Waals surface area contributed by atoms with E-state index in [4.69, 9.17) is 4.42 Å². The molecule has 1 aromatic carbocycles. The summed E-state index contributed by atoms with van der Waals surface area (Å²) < 4.78 is 33.6. The molecule has 3 N–H and O–H groups in total. The van der Waals surface area contributed by atoms with E-state index in [1.165, 1.54) is 36.0 Å². The number of urea groups is 1. The summed E-state index contributed by atoms with van der Waals surface area (Å²) in [5, 5.41) is 13.9. The van der Waals surface area contributed by atoms with Gasteiger partial charge in [0.15, 0.2) is 16.7 Å². The lowest BCUT2D eigenvalue weighted by Crippen LogP contribution is -2.39. The molecule has 0 atom stereocenters. The van der Waals surface area contributed by atoms with Gasteiger partial charge in [-0.3, -0.25) is 4.79 Å². The first-order valence-corrected chi connectivity index (χ1v) is 12.5. The Morgan fingerprint density at radius 3 is 2.58 bits per heavy atom. The number of furan rings is 1. The molecular weight excluding hydrogens is 468 g/mol. The van der Waals surface area contributed by atoms with Crippen LogP contribution in [0.1, 0.15) is 19.8 Å². The zero-order valence-electron chi connectivity index (χ0n) is 18.1.